The van der Waals surface area contributed by atoms with Gasteiger partial charge in [-0.05, 0) is 31.7 Å². The Hall–Kier alpha value is -1.96. The van der Waals surface area contributed by atoms with Crippen LogP contribution in [0.5, 0.6) is 5.88 Å². The molecule has 0 aliphatic carbocycles. The minimum Gasteiger partial charge on any atom is -0.493 e. The fourth-order valence-corrected chi connectivity index (χ4v) is 2.19. The molecule has 0 atom stereocenters. The number of pyridine rings is 1. The SMILES string of the molecule is Cc1cc(O)n(N2CCCCC2)c(=O)c1C#N. The van der Waals surface area contributed by atoms with Crippen LogP contribution in [-0.4, -0.2) is 22.9 Å². The number of hydrogen-bond donors (Lipinski definition) is 1. The fraction of sp³-hybridized carbons (Fsp3) is 0.500. The minimum absolute atomic E-state index is 0.0894. The maximum Gasteiger partial charge on any atom is 0.290 e. The first-order valence-corrected chi connectivity index (χ1v) is 5.76. The van der Waals surface area contributed by atoms with Gasteiger partial charge in [-0.3, -0.25) is 4.79 Å². The van der Waals surface area contributed by atoms with Crippen LogP contribution in [0.4, 0.5) is 0 Å². The molecule has 1 fully saturated rings. The summed E-state index contributed by atoms with van der Waals surface area (Å²) >= 11 is 0. The highest BCUT2D eigenvalue weighted by atomic mass is 16.3. The van der Waals surface area contributed by atoms with E-state index < -0.39 is 5.56 Å². The van der Waals surface area contributed by atoms with Crippen LogP contribution in [-0.2, 0) is 0 Å². The summed E-state index contributed by atoms with van der Waals surface area (Å²) in [7, 11) is 0. The van der Waals surface area contributed by atoms with Gasteiger partial charge >= 0.3 is 0 Å². The lowest BCUT2D eigenvalue weighted by molar-refractivity contribution is 0.374. The molecule has 1 aromatic rings. The van der Waals surface area contributed by atoms with Gasteiger partial charge in [0.1, 0.15) is 11.6 Å². The van der Waals surface area contributed by atoms with Gasteiger partial charge in [-0.1, -0.05) is 0 Å². The molecule has 1 aliphatic rings. The van der Waals surface area contributed by atoms with Crippen molar-refractivity contribution in [2.75, 3.05) is 18.1 Å². The second kappa shape index (κ2) is 4.50. The van der Waals surface area contributed by atoms with Gasteiger partial charge in [-0.15, -0.1) is 0 Å². The Labute approximate surface area is 99.5 Å². The van der Waals surface area contributed by atoms with Crippen LogP contribution in [0.15, 0.2) is 10.9 Å². The number of rotatable bonds is 1. The van der Waals surface area contributed by atoms with Gasteiger partial charge in [-0.2, -0.15) is 9.94 Å². The number of nitrogens with zero attached hydrogens (tertiary/aromatic N) is 3. The summed E-state index contributed by atoms with van der Waals surface area (Å²) in [5.74, 6) is -0.0894. The predicted molar refractivity (Wildman–Crippen MR) is 63.6 cm³/mol. The first-order valence-electron chi connectivity index (χ1n) is 5.76. The van der Waals surface area contributed by atoms with Crippen molar-refractivity contribution in [2.45, 2.75) is 26.2 Å². The van der Waals surface area contributed by atoms with Crippen molar-refractivity contribution in [3.63, 3.8) is 0 Å². The summed E-state index contributed by atoms with van der Waals surface area (Å²) in [5.41, 5.74) is 0.198. The number of hydrogen-bond acceptors (Lipinski definition) is 4. The van der Waals surface area contributed by atoms with Crippen LogP contribution in [0.2, 0.25) is 0 Å². The molecule has 90 valence electrons. The summed E-state index contributed by atoms with van der Waals surface area (Å²) < 4.78 is 1.23. The zero-order valence-electron chi connectivity index (χ0n) is 9.81. The fourth-order valence-electron chi connectivity index (χ4n) is 2.19. The second-order valence-corrected chi connectivity index (χ2v) is 4.30. The Bertz CT molecular complexity index is 522. The van der Waals surface area contributed by atoms with Gasteiger partial charge in [-0.25, -0.2) is 0 Å². The standard InChI is InChI=1S/C12H15N3O2/c1-9-7-11(16)15(12(17)10(9)8-13)14-5-3-2-4-6-14/h7,16H,2-6H2,1H3. The molecule has 1 aliphatic heterocycles. The zero-order chi connectivity index (χ0) is 12.4. The highest BCUT2D eigenvalue weighted by Gasteiger charge is 2.18. The molecular formula is C12H15N3O2. The van der Waals surface area contributed by atoms with Gasteiger partial charge in [0, 0.05) is 19.2 Å². The summed E-state index contributed by atoms with van der Waals surface area (Å²) in [5, 5.41) is 20.6. The molecule has 0 spiro atoms. The molecule has 0 aromatic carbocycles. The molecule has 0 saturated carbocycles. The van der Waals surface area contributed by atoms with E-state index >= 15 is 0 Å². The minimum atomic E-state index is -0.424. The number of aromatic nitrogens is 1. The Kier molecular flexibility index (Phi) is 3.05. The lowest BCUT2D eigenvalue weighted by Crippen LogP contribution is -2.46. The van der Waals surface area contributed by atoms with Gasteiger partial charge in [0.15, 0.2) is 0 Å². The van der Waals surface area contributed by atoms with E-state index in [1.165, 1.54) is 10.7 Å². The molecule has 2 rings (SSSR count). The Morgan fingerprint density at radius 2 is 2.00 bits per heavy atom. The Morgan fingerprint density at radius 3 is 2.59 bits per heavy atom. The van der Waals surface area contributed by atoms with Gasteiger partial charge < -0.3 is 10.1 Å². The van der Waals surface area contributed by atoms with Crippen LogP contribution in [0.3, 0.4) is 0 Å². The molecule has 1 N–H and O–H groups in total. The first-order chi connectivity index (χ1) is 8.15. The van der Waals surface area contributed by atoms with Gasteiger partial charge in [0.2, 0.25) is 5.88 Å². The van der Waals surface area contributed by atoms with Crippen molar-refractivity contribution < 1.29 is 5.11 Å². The third-order valence-corrected chi connectivity index (χ3v) is 3.09. The van der Waals surface area contributed by atoms with Crippen LogP contribution < -0.4 is 10.6 Å². The van der Waals surface area contributed by atoms with Crippen LogP contribution in [0.1, 0.15) is 30.4 Å². The van der Waals surface area contributed by atoms with E-state index in [9.17, 15) is 9.90 Å². The van der Waals surface area contributed by atoms with Crippen molar-refractivity contribution in [1.29, 1.82) is 5.26 Å². The molecule has 0 radical (unpaired) electrons. The molecule has 17 heavy (non-hydrogen) atoms. The quantitative estimate of drug-likeness (QED) is 0.781. The molecule has 5 nitrogen and oxygen atoms in total. The van der Waals surface area contributed by atoms with E-state index in [1.807, 2.05) is 6.07 Å². The second-order valence-electron chi connectivity index (χ2n) is 4.30. The molecule has 1 saturated heterocycles. The van der Waals surface area contributed by atoms with Crippen molar-refractivity contribution in [2.24, 2.45) is 0 Å². The summed E-state index contributed by atoms with van der Waals surface area (Å²) in [6, 6.07) is 3.37. The van der Waals surface area contributed by atoms with Crippen LogP contribution in [0, 0.1) is 18.3 Å². The predicted octanol–water partition coefficient (Wildman–Crippen LogP) is 0.856. The maximum absolute atomic E-state index is 12.1. The van der Waals surface area contributed by atoms with Crippen LogP contribution >= 0.6 is 0 Å². The highest BCUT2D eigenvalue weighted by Crippen LogP contribution is 2.15. The van der Waals surface area contributed by atoms with E-state index in [-0.39, 0.29) is 11.4 Å². The van der Waals surface area contributed by atoms with E-state index in [2.05, 4.69) is 0 Å². The number of aryl methyl sites for hydroxylation is 1. The molecule has 5 heteroatoms. The highest BCUT2D eigenvalue weighted by molar-refractivity contribution is 5.38. The van der Waals surface area contributed by atoms with E-state index in [1.54, 1.807) is 11.9 Å². The average molecular weight is 233 g/mol. The molecule has 1 aromatic heterocycles. The van der Waals surface area contributed by atoms with Crippen molar-refractivity contribution in [3.05, 3.63) is 27.5 Å². The number of nitriles is 1. The van der Waals surface area contributed by atoms with Crippen LogP contribution in [0.25, 0.3) is 0 Å². The smallest absolute Gasteiger partial charge is 0.290 e. The molecule has 0 amide bonds. The lowest BCUT2D eigenvalue weighted by atomic mass is 10.1. The first kappa shape index (κ1) is 11.5. The largest absolute Gasteiger partial charge is 0.493 e. The zero-order valence-corrected chi connectivity index (χ0v) is 9.81. The lowest BCUT2D eigenvalue weighted by Gasteiger charge is -2.30. The Morgan fingerprint density at radius 1 is 1.35 bits per heavy atom. The summed E-state index contributed by atoms with van der Waals surface area (Å²) in [6.07, 6.45) is 3.15. The maximum atomic E-state index is 12.1. The average Bonchev–Trinajstić information content (AvgIpc) is 2.30. The number of piperidine rings is 1. The van der Waals surface area contributed by atoms with Crippen molar-refractivity contribution in [1.82, 2.24) is 4.68 Å². The van der Waals surface area contributed by atoms with E-state index in [0.29, 0.717) is 5.56 Å². The summed E-state index contributed by atoms with van der Waals surface area (Å²) in [6.45, 7) is 3.13. The Balaban J connectivity index is 2.53. The van der Waals surface area contributed by atoms with Gasteiger partial charge in [0.05, 0.1) is 0 Å². The monoisotopic (exact) mass is 233 g/mol. The summed E-state index contributed by atoms with van der Waals surface area (Å²) in [4.78, 5) is 12.1. The molecule has 0 unspecified atom stereocenters. The van der Waals surface area contributed by atoms with Crippen molar-refractivity contribution in [3.8, 4) is 11.9 Å². The third-order valence-electron chi connectivity index (χ3n) is 3.09. The normalized spacial score (nSPS) is 15.6. The third kappa shape index (κ3) is 1.98. The van der Waals surface area contributed by atoms with E-state index in [0.717, 1.165) is 32.4 Å². The molecule has 0 bridgehead atoms. The number of aromatic hydroxyl groups is 1. The molecular weight excluding hydrogens is 218 g/mol. The van der Waals surface area contributed by atoms with Crippen molar-refractivity contribution >= 4 is 0 Å². The molecule has 2 heterocycles. The van der Waals surface area contributed by atoms with Gasteiger partial charge in [0.25, 0.3) is 5.56 Å². The van der Waals surface area contributed by atoms with E-state index in [4.69, 9.17) is 5.26 Å². The topological polar surface area (TPSA) is 69.3 Å².